The fraction of sp³-hybridized carbons (Fsp3) is 0.462. The first-order valence-corrected chi connectivity index (χ1v) is 5.93. The molecule has 1 amide bonds. The van der Waals surface area contributed by atoms with E-state index >= 15 is 0 Å². The lowest BCUT2D eigenvalue weighted by atomic mass is 10.0. The van der Waals surface area contributed by atoms with E-state index in [1.165, 1.54) is 7.11 Å². The Morgan fingerprint density at radius 1 is 1.47 bits per heavy atom. The third-order valence-corrected chi connectivity index (χ3v) is 3.32. The van der Waals surface area contributed by atoms with Crippen LogP contribution < -0.4 is 10.1 Å². The van der Waals surface area contributed by atoms with Gasteiger partial charge in [0.05, 0.1) is 7.11 Å². The monoisotopic (exact) mass is 273 g/mol. The SMILES string of the molecule is COc1ccc2c(c1)[C@H](CNC(=O)C(F)(F)F)CC2. The molecule has 0 bridgehead atoms. The van der Waals surface area contributed by atoms with Crippen molar-refractivity contribution in [3.05, 3.63) is 29.3 Å². The molecule has 1 aromatic carbocycles. The van der Waals surface area contributed by atoms with Crippen LogP contribution in [0.5, 0.6) is 5.75 Å². The van der Waals surface area contributed by atoms with Crippen molar-refractivity contribution >= 4 is 5.91 Å². The number of alkyl halides is 3. The molecule has 1 aromatic rings. The normalized spacial score (nSPS) is 18.0. The second-order valence-electron chi connectivity index (χ2n) is 4.51. The predicted molar refractivity (Wildman–Crippen MR) is 63.1 cm³/mol. The predicted octanol–water partition coefficient (Wildman–Crippen LogP) is 2.40. The number of halogens is 3. The molecule has 1 aliphatic carbocycles. The van der Waals surface area contributed by atoms with Crippen LogP contribution in [0, 0.1) is 0 Å². The average Bonchev–Trinajstić information content (AvgIpc) is 2.76. The molecule has 1 N–H and O–H groups in total. The number of aryl methyl sites for hydroxylation is 1. The van der Waals surface area contributed by atoms with Crippen LogP contribution in [0.25, 0.3) is 0 Å². The van der Waals surface area contributed by atoms with E-state index in [0.717, 1.165) is 24.0 Å². The number of amides is 1. The van der Waals surface area contributed by atoms with Crippen molar-refractivity contribution in [3.8, 4) is 5.75 Å². The number of rotatable bonds is 3. The largest absolute Gasteiger partial charge is 0.497 e. The minimum atomic E-state index is -4.82. The van der Waals surface area contributed by atoms with Gasteiger partial charge in [-0.05, 0) is 36.1 Å². The molecule has 0 fully saturated rings. The lowest BCUT2D eigenvalue weighted by Gasteiger charge is -2.14. The lowest BCUT2D eigenvalue weighted by molar-refractivity contribution is -0.173. The Bertz CT molecular complexity index is 485. The summed E-state index contributed by atoms with van der Waals surface area (Å²) in [6.45, 7) is -0.00148. The van der Waals surface area contributed by atoms with E-state index in [-0.39, 0.29) is 12.5 Å². The van der Waals surface area contributed by atoms with Gasteiger partial charge in [-0.3, -0.25) is 4.79 Å². The van der Waals surface area contributed by atoms with E-state index < -0.39 is 12.1 Å². The molecule has 1 atom stereocenters. The van der Waals surface area contributed by atoms with Crippen molar-refractivity contribution < 1.29 is 22.7 Å². The van der Waals surface area contributed by atoms with Crippen molar-refractivity contribution in [1.82, 2.24) is 5.32 Å². The zero-order chi connectivity index (χ0) is 14.0. The Balaban J connectivity index is 2.04. The number of fused-ring (bicyclic) bond motifs is 1. The Labute approximate surface area is 108 Å². The quantitative estimate of drug-likeness (QED) is 0.918. The zero-order valence-electron chi connectivity index (χ0n) is 10.4. The lowest BCUT2D eigenvalue weighted by Crippen LogP contribution is -2.38. The zero-order valence-corrected chi connectivity index (χ0v) is 10.4. The number of nitrogens with one attached hydrogen (secondary N) is 1. The third-order valence-electron chi connectivity index (χ3n) is 3.32. The van der Waals surface area contributed by atoms with Crippen molar-refractivity contribution in [2.75, 3.05) is 13.7 Å². The van der Waals surface area contributed by atoms with Crippen LogP contribution in [-0.4, -0.2) is 25.7 Å². The summed E-state index contributed by atoms with van der Waals surface area (Å²) in [4.78, 5) is 10.8. The van der Waals surface area contributed by atoms with Gasteiger partial charge < -0.3 is 10.1 Å². The van der Waals surface area contributed by atoms with Crippen LogP contribution in [0.3, 0.4) is 0 Å². The standard InChI is InChI=1S/C13H14F3NO2/c1-19-10-5-4-8-2-3-9(11(8)6-10)7-17-12(18)13(14,15)16/h4-6,9H,2-3,7H2,1H3,(H,17,18)/t9-/m0/s1. The Morgan fingerprint density at radius 3 is 2.84 bits per heavy atom. The molecule has 6 heteroatoms. The maximum absolute atomic E-state index is 12.1. The highest BCUT2D eigenvalue weighted by atomic mass is 19.4. The van der Waals surface area contributed by atoms with E-state index in [2.05, 4.69) is 0 Å². The maximum Gasteiger partial charge on any atom is 0.471 e. The summed E-state index contributed by atoms with van der Waals surface area (Å²) in [5.41, 5.74) is 2.06. The van der Waals surface area contributed by atoms with E-state index in [4.69, 9.17) is 4.74 Å². The van der Waals surface area contributed by atoms with Crippen LogP contribution in [0.15, 0.2) is 18.2 Å². The number of ether oxygens (including phenoxy) is 1. The molecule has 2 rings (SSSR count). The minimum absolute atomic E-state index is 0.00148. The molecule has 104 valence electrons. The summed E-state index contributed by atoms with van der Waals surface area (Å²) in [7, 11) is 1.54. The van der Waals surface area contributed by atoms with E-state index in [1.54, 1.807) is 0 Å². The van der Waals surface area contributed by atoms with Gasteiger partial charge in [0.2, 0.25) is 0 Å². The summed E-state index contributed by atoms with van der Waals surface area (Å²) in [5, 5.41) is 1.94. The molecule has 0 heterocycles. The van der Waals surface area contributed by atoms with Gasteiger partial charge in [-0.1, -0.05) is 6.07 Å². The molecule has 0 saturated heterocycles. The van der Waals surface area contributed by atoms with Gasteiger partial charge in [-0.2, -0.15) is 13.2 Å². The van der Waals surface area contributed by atoms with Crippen molar-refractivity contribution in [3.63, 3.8) is 0 Å². The third kappa shape index (κ3) is 3.00. The molecule has 0 saturated carbocycles. The Morgan fingerprint density at radius 2 is 2.21 bits per heavy atom. The number of hydrogen-bond donors (Lipinski definition) is 1. The second-order valence-corrected chi connectivity index (χ2v) is 4.51. The average molecular weight is 273 g/mol. The first kappa shape index (κ1) is 13.7. The van der Waals surface area contributed by atoms with Crippen LogP contribution in [0.4, 0.5) is 13.2 Å². The van der Waals surface area contributed by atoms with Crippen LogP contribution in [0.2, 0.25) is 0 Å². The summed E-state index contributed by atoms with van der Waals surface area (Å²) >= 11 is 0. The fourth-order valence-corrected chi connectivity index (χ4v) is 2.32. The Hall–Kier alpha value is -1.72. The summed E-state index contributed by atoms with van der Waals surface area (Å²) in [6.07, 6.45) is -3.28. The second kappa shape index (κ2) is 5.11. The van der Waals surface area contributed by atoms with Crippen LogP contribution >= 0.6 is 0 Å². The van der Waals surface area contributed by atoms with E-state index in [1.807, 2.05) is 23.5 Å². The molecular weight excluding hydrogens is 259 g/mol. The minimum Gasteiger partial charge on any atom is -0.497 e. The van der Waals surface area contributed by atoms with Crippen molar-refractivity contribution in [2.24, 2.45) is 0 Å². The molecule has 3 nitrogen and oxygen atoms in total. The van der Waals surface area contributed by atoms with Gasteiger partial charge >= 0.3 is 12.1 Å². The Kier molecular flexibility index (Phi) is 3.68. The highest BCUT2D eigenvalue weighted by Crippen LogP contribution is 2.35. The number of methoxy groups -OCH3 is 1. The molecule has 0 aliphatic heterocycles. The summed E-state index contributed by atoms with van der Waals surface area (Å²) in [6, 6.07) is 5.57. The van der Waals surface area contributed by atoms with Gasteiger partial charge in [0.25, 0.3) is 0 Å². The molecule has 1 aliphatic rings. The summed E-state index contributed by atoms with van der Waals surface area (Å²) < 4.78 is 41.4. The van der Waals surface area contributed by atoms with Gasteiger partial charge in [-0.25, -0.2) is 0 Å². The first-order valence-electron chi connectivity index (χ1n) is 5.93. The van der Waals surface area contributed by atoms with Crippen molar-refractivity contribution in [2.45, 2.75) is 24.9 Å². The molecule has 19 heavy (non-hydrogen) atoms. The number of benzene rings is 1. The van der Waals surface area contributed by atoms with Crippen LogP contribution in [0.1, 0.15) is 23.5 Å². The molecule has 0 spiro atoms. The fourth-order valence-electron chi connectivity index (χ4n) is 2.32. The van der Waals surface area contributed by atoms with Gasteiger partial charge in [0.1, 0.15) is 5.75 Å². The smallest absolute Gasteiger partial charge is 0.471 e. The molecule has 0 unspecified atom stereocenters. The molecule has 0 aromatic heterocycles. The number of hydrogen-bond acceptors (Lipinski definition) is 2. The molecular formula is C13H14F3NO2. The maximum atomic E-state index is 12.1. The summed E-state index contributed by atoms with van der Waals surface area (Å²) in [5.74, 6) is -1.30. The number of carbonyl (C=O) groups excluding carboxylic acids is 1. The highest BCUT2D eigenvalue weighted by Gasteiger charge is 2.39. The van der Waals surface area contributed by atoms with Gasteiger partial charge in [0, 0.05) is 12.5 Å². The van der Waals surface area contributed by atoms with E-state index in [9.17, 15) is 18.0 Å². The van der Waals surface area contributed by atoms with Crippen LogP contribution in [-0.2, 0) is 11.2 Å². The molecule has 0 radical (unpaired) electrons. The topological polar surface area (TPSA) is 38.3 Å². The van der Waals surface area contributed by atoms with Crippen molar-refractivity contribution in [1.29, 1.82) is 0 Å². The van der Waals surface area contributed by atoms with E-state index in [0.29, 0.717) is 5.75 Å². The van der Waals surface area contributed by atoms with Gasteiger partial charge in [-0.15, -0.1) is 0 Å². The van der Waals surface area contributed by atoms with Gasteiger partial charge in [0.15, 0.2) is 0 Å². The number of carbonyl (C=O) groups is 1. The first-order chi connectivity index (χ1) is 8.91. The highest BCUT2D eigenvalue weighted by molar-refractivity contribution is 5.81.